The third-order valence-corrected chi connectivity index (χ3v) is 4.86. The lowest BCUT2D eigenvalue weighted by molar-refractivity contribution is -0.146. The standard InChI is InChI=1S/C23H22N4O7/c1-34-15-9-7-14(8-10-15)18(13-5-3-2-4-6-13)26-20(29)16-11-24-19(27-21(16)30)22(31)25-12-17(28)23(32)33/h2-11,17-18,28H,12H2,1H3,(H,25,31)(H,26,29)(H,32,33)(H,24,27,30)/t17?,18-/m0/s1. The van der Waals surface area contributed by atoms with E-state index < -0.39 is 47.9 Å². The zero-order valence-electron chi connectivity index (χ0n) is 18.0. The maximum Gasteiger partial charge on any atom is 0.334 e. The van der Waals surface area contributed by atoms with Gasteiger partial charge in [0.2, 0.25) is 0 Å². The van der Waals surface area contributed by atoms with E-state index in [1.54, 1.807) is 31.4 Å². The number of aliphatic hydroxyl groups is 1. The van der Waals surface area contributed by atoms with Crippen molar-refractivity contribution >= 4 is 17.8 Å². The second-order valence-electron chi connectivity index (χ2n) is 7.13. The number of rotatable bonds is 9. The maximum absolute atomic E-state index is 12.9. The van der Waals surface area contributed by atoms with E-state index in [4.69, 9.17) is 9.84 Å². The van der Waals surface area contributed by atoms with Crippen LogP contribution in [0.2, 0.25) is 0 Å². The summed E-state index contributed by atoms with van der Waals surface area (Å²) in [5, 5.41) is 22.8. The second-order valence-corrected chi connectivity index (χ2v) is 7.13. The predicted molar refractivity (Wildman–Crippen MR) is 120 cm³/mol. The summed E-state index contributed by atoms with van der Waals surface area (Å²) >= 11 is 0. The highest BCUT2D eigenvalue weighted by Crippen LogP contribution is 2.24. The van der Waals surface area contributed by atoms with Crippen LogP contribution in [0.15, 0.2) is 65.6 Å². The Morgan fingerprint density at radius 3 is 2.26 bits per heavy atom. The van der Waals surface area contributed by atoms with E-state index in [9.17, 15) is 24.3 Å². The van der Waals surface area contributed by atoms with Gasteiger partial charge in [0.25, 0.3) is 17.4 Å². The minimum absolute atomic E-state index is 0.323. The molecular formula is C23H22N4O7. The van der Waals surface area contributed by atoms with Gasteiger partial charge in [0.05, 0.1) is 19.7 Å². The lowest BCUT2D eigenvalue weighted by Gasteiger charge is -2.20. The number of nitrogens with zero attached hydrogens (tertiary/aromatic N) is 1. The normalized spacial score (nSPS) is 12.3. The second kappa shape index (κ2) is 10.9. The molecule has 34 heavy (non-hydrogen) atoms. The first-order valence-electron chi connectivity index (χ1n) is 10.1. The first kappa shape index (κ1) is 24.1. The molecule has 0 spiro atoms. The topological polar surface area (TPSA) is 171 Å². The van der Waals surface area contributed by atoms with Gasteiger partial charge in [-0.3, -0.25) is 14.4 Å². The first-order chi connectivity index (χ1) is 16.3. The van der Waals surface area contributed by atoms with Crippen LogP contribution in [-0.4, -0.2) is 57.7 Å². The first-order valence-corrected chi connectivity index (χ1v) is 10.1. The summed E-state index contributed by atoms with van der Waals surface area (Å²) in [6.07, 6.45) is -0.860. The number of aromatic amines is 1. The molecule has 176 valence electrons. The third kappa shape index (κ3) is 5.84. The van der Waals surface area contributed by atoms with E-state index in [-0.39, 0.29) is 5.56 Å². The Hall–Kier alpha value is -4.51. The molecule has 2 aromatic carbocycles. The van der Waals surface area contributed by atoms with Gasteiger partial charge in [-0.05, 0) is 23.3 Å². The molecule has 0 aliphatic carbocycles. The number of carboxylic acid groups (broad SMARTS) is 1. The smallest absolute Gasteiger partial charge is 0.334 e. The number of hydrogen-bond donors (Lipinski definition) is 5. The Labute approximate surface area is 193 Å². The highest BCUT2D eigenvalue weighted by molar-refractivity contribution is 5.95. The lowest BCUT2D eigenvalue weighted by atomic mass is 9.98. The molecule has 1 unspecified atom stereocenters. The van der Waals surface area contributed by atoms with Crippen LogP contribution >= 0.6 is 0 Å². The van der Waals surface area contributed by atoms with Gasteiger partial charge in [-0.2, -0.15) is 0 Å². The van der Waals surface area contributed by atoms with Crippen LogP contribution in [-0.2, 0) is 4.79 Å². The van der Waals surface area contributed by atoms with E-state index in [1.807, 2.05) is 30.3 Å². The number of carboxylic acids is 1. The van der Waals surface area contributed by atoms with Crippen LogP contribution in [0.5, 0.6) is 5.75 Å². The van der Waals surface area contributed by atoms with Crippen LogP contribution in [0.3, 0.4) is 0 Å². The number of H-pyrrole nitrogens is 1. The molecule has 11 heteroatoms. The van der Waals surface area contributed by atoms with Crippen molar-refractivity contribution in [3.05, 3.63) is 93.7 Å². The van der Waals surface area contributed by atoms with E-state index in [0.29, 0.717) is 5.75 Å². The molecule has 0 radical (unpaired) electrons. The summed E-state index contributed by atoms with van der Waals surface area (Å²) in [6, 6.07) is 15.6. The summed E-state index contributed by atoms with van der Waals surface area (Å²) in [5.74, 6) is -2.93. The molecule has 0 fully saturated rings. The van der Waals surface area contributed by atoms with Gasteiger partial charge in [0.15, 0.2) is 11.9 Å². The summed E-state index contributed by atoms with van der Waals surface area (Å²) in [4.78, 5) is 54.0. The number of carbonyl (C=O) groups excluding carboxylic acids is 2. The van der Waals surface area contributed by atoms with E-state index in [2.05, 4.69) is 20.6 Å². The van der Waals surface area contributed by atoms with Crippen LogP contribution in [0.1, 0.15) is 38.1 Å². The number of methoxy groups -OCH3 is 1. The van der Waals surface area contributed by atoms with Crippen LogP contribution < -0.4 is 20.9 Å². The number of amides is 2. The fourth-order valence-corrected chi connectivity index (χ4v) is 3.04. The average Bonchev–Trinajstić information content (AvgIpc) is 2.85. The fraction of sp³-hybridized carbons (Fsp3) is 0.174. The van der Waals surface area contributed by atoms with Crippen molar-refractivity contribution in [1.29, 1.82) is 0 Å². The van der Waals surface area contributed by atoms with E-state index >= 15 is 0 Å². The minimum atomic E-state index is -1.81. The average molecular weight is 466 g/mol. The SMILES string of the molecule is COc1ccc([C@@H](NC(=O)c2cnc(C(=O)NCC(O)C(=O)O)[nH]c2=O)c2ccccc2)cc1. The molecule has 0 bridgehead atoms. The van der Waals surface area contributed by atoms with Crippen molar-refractivity contribution in [3.8, 4) is 5.75 Å². The van der Waals surface area contributed by atoms with Gasteiger partial charge in [0.1, 0.15) is 11.3 Å². The number of aromatic nitrogens is 2. The Morgan fingerprint density at radius 2 is 1.68 bits per heavy atom. The number of benzene rings is 2. The van der Waals surface area contributed by atoms with E-state index in [0.717, 1.165) is 17.3 Å². The Kier molecular flexibility index (Phi) is 7.72. The zero-order valence-corrected chi connectivity index (χ0v) is 18.0. The summed E-state index contributed by atoms with van der Waals surface area (Å²) in [5.41, 5.74) is 0.339. The molecule has 2 atom stereocenters. The molecule has 0 saturated heterocycles. The molecule has 11 nitrogen and oxygen atoms in total. The van der Waals surface area contributed by atoms with Crippen molar-refractivity contribution in [3.63, 3.8) is 0 Å². The summed E-state index contributed by atoms with van der Waals surface area (Å²) in [7, 11) is 1.54. The molecule has 3 rings (SSSR count). The number of hydrogen-bond acceptors (Lipinski definition) is 7. The van der Waals surface area contributed by atoms with Gasteiger partial charge in [-0.1, -0.05) is 42.5 Å². The van der Waals surface area contributed by atoms with Gasteiger partial charge in [-0.15, -0.1) is 0 Å². The van der Waals surface area contributed by atoms with Gasteiger partial charge in [-0.25, -0.2) is 9.78 Å². The highest BCUT2D eigenvalue weighted by atomic mass is 16.5. The van der Waals surface area contributed by atoms with Crippen molar-refractivity contribution < 1.29 is 29.3 Å². The quantitative estimate of drug-likeness (QED) is 0.303. The van der Waals surface area contributed by atoms with Crippen molar-refractivity contribution in [2.24, 2.45) is 0 Å². The van der Waals surface area contributed by atoms with Gasteiger partial charge >= 0.3 is 5.97 Å². The van der Waals surface area contributed by atoms with Crippen molar-refractivity contribution in [2.75, 3.05) is 13.7 Å². The monoisotopic (exact) mass is 466 g/mol. The Balaban J connectivity index is 1.80. The Morgan fingerprint density at radius 1 is 1.03 bits per heavy atom. The molecule has 2 amide bonds. The maximum atomic E-state index is 12.9. The van der Waals surface area contributed by atoms with Crippen LogP contribution in [0.4, 0.5) is 0 Å². The predicted octanol–water partition coefficient (Wildman–Crippen LogP) is 0.473. The molecule has 0 aliphatic heterocycles. The highest BCUT2D eigenvalue weighted by Gasteiger charge is 2.22. The summed E-state index contributed by atoms with van der Waals surface area (Å²) in [6.45, 7) is -0.583. The molecular weight excluding hydrogens is 444 g/mol. The summed E-state index contributed by atoms with van der Waals surface area (Å²) < 4.78 is 5.18. The minimum Gasteiger partial charge on any atom is -0.497 e. The van der Waals surface area contributed by atoms with Gasteiger partial charge < -0.3 is 30.6 Å². The van der Waals surface area contributed by atoms with Gasteiger partial charge in [0, 0.05) is 6.20 Å². The van der Waals surface area contributed by atoms with E-state index in [1.165, 1.54) is 0 Å². The number of aliphatic carboxylic acids is 1. The van der Waals surface area contributed by atoms with Crippen LogP contribution in [0, 0.1) is 0 Å². The molecule has 1 aromatic heterocycles. The number of aliphatic hydroxyl groups excluding tert-OH is 1. The molecule has 5 N–H and O–H groups in total. The number of carbonyl (C=O) groups is 3. The number of nitrogens with one attached hydrogen (secondary N) is 3. The number of ether oxygens (including phenoxy) is 1. The molecule has 0 saturated carbocycles. The third-order valence-electron chi connectivity index (χ3n) is 4.86. The fourth-order valence-electron chi connectivity index (χ4n) is 3.04. The molecule has 3 aromatic rings. The van der Waals surface area contributed by atoms with Crippen molar-refractivity contribution in [2.45, 2.75) is 12.1 Å². The Bertz CT molecular complexity index is 1230. The molecule has 0 aliphatic rings. The van der Waals surface area contributed by atoms with Crippen LogP contribution in [0.25, 0.3) is 0 Å². The van der Waals surface area contributed by atoms with Crippen molar-refractivity contribution in [1.82, 2.24) is 20.6 Å². The largest absolute Gasteiger partial charge is 0.497 e. The molecule has 1 heterocycles. The zero-order chi connectivity index (χ0) is 24.7. The lowest BCUT2D eigenvalue weighted by Crippen LogP contribution is -2.38.